The fraction of sp³-hybridized carbons (Fsp3) is 0.438. The minimum atomic E-state index is 0.158. The molecule has 114 valence electrons. The predicted octanol–water partition coefficient (Wildman–Crippen LogP) is 3.36. The van der Waals surface area contributed by atoms with Crippen molar-refractivity contribution in [2.24, 2.45) is 0 Å². The van der Waals surface area contributed by atoms with Crippen LogP contribution < -0.4 is 10.6 Å². The average molecular weight is 369 g/mol. The third kappa shape index (κ3) is 6.68. The molecule has 0 atom stereocenters. The van der Waals surface area contributed by atoms with Gasteiger partial charge in [0, 0.05) is 28.9 Å². The van der Waals surface area contributed by atoms with Crippen LogP contribution in [0.3, 0.4) is 0 Å². The maximum Gasteiger partial charge on any atom is 0.220 e. The molecule has 1 aromatic carbocycles. The number of carbonyl (C=O) groups is 1. The maximum atomic E-state index is 11.8. The number of hydrogen-bond acceptors (Lipinski definition) is 3. The summed E-state index contributed by atoms with van der Waals surface area (Å²) in [6.45, 7) is 2.65. The van der Waals surface area contributed by atoms with Crippen LogP contribution in [-0.4, -0.2) is 31.3 Å². The molecular weight excluding hydrogens is 348 g/mol. The van der Waals surface area contributed by atoms with Crippen LogP contribution in [0.1, 0.15) is 19.3 Å². The van der Waals surface area contributed by atoms with Crippen molar-refractivity contribution in [3.8, 4) is 0 Å². The van der Waals surface area contributed by atoms with Crippen molar-refractivity contribution in [2.45, 2.75) is 24.2 Å². The summed E-state index contributed by atoms with van der Waals surface area (Å²) < 4.78 is 1.10. The van der Waals surface area contributed by atoms with Crippen molar-refractivity contribution in [1.29, 1.82) is 0 Å². The van der Waals surface area contributed by atoms with Crippen LogP contribution in [-0.2, 0) is 4.79 Å². The Kier molecular flexibility index (Phi) is 7.33. The van der Waals surface area contributed by atoms with E-state index >= 15 is 0 Å². The van der Waals surface area contributed by atoms with Gasteiger partial charge in [0.2, 0.25) is 5.91 Å². The van der Waals surface area contributed by atoms with E-state index in [2.05, 4.69) is 44.8 Å². The van der Waals surface area contributed by atoms with Crippen molar-refractivity contribution in [3.63, 3.8) is 0 Å². The summed E-state index contributed by atoms with van der Waals surface area (Å²) in [5.41, 5.74) is 1.34. The second-order valence-corrected chi connectivity index (χ2v) is 7.08. The van der Waals surface area contributed by atoms with E-state index in [1.54, 1.807) is 11.8 Å². The van der Waals surface area contributed by atoms with Gasteiger partial charge in [0.25, 0.3) is 0 Å². The molecule has 0 spiro atoms. The molecule has 1 aromatic rings. The van der Waals surface area contributed by atoms with Gasteiger partial charge in [0.1, 0.15) is 0 Å². The Bertz CT molecular complexity index is 488. The summed E-state index contributed by atoms with van der Waals surface area (Å²) in [5, 5.41) is 6.28. The SMILES string of the molecule is O=C(CCCSc1ccc(Br)cc1)NCC1=CCNCC1. The van der Waals surface area contributed by atoms with E-state index in [0.717, 1.165) is 36.2 Å². The molecule has 2 N–H and O–H groups in total. The lowest BCUT2D eigenvalue weighted by Crippen LogP contribution is -2.29. The second-order valence-electron chi connectivity index (χ2n) is 5.00. The van der Waals surface area contributed by atoms with Crippen molar-refractivity contribution >= 4 is 33.6 Å². The van der Waals surface area contributed by atoms with Gasteiger partial charge in [-0.15, -0.1) is 11.8 Å². The zero-order chi connectivity index (χ0) is 14.9. The molecule has 21 heavy (non-hydrogen) atoms. The fourth-order valence-corrected chi connectivity index (χ4v) is 3.20. The van der Waals surface area contributed by atoms with Crippen LogP contribution in [0.25, 0.3) is 0 Å². The Hall–Kier alpha value is -0.780. The molecule has 1 aliphatic rings. The van der Waals surface area contributed by atoms with Gasteiger partial charge in [0.15, 0.2) is 0 Å². The van der Waals surface area contributed by atoms with Gasteiger partial charge in [-0.2, -0.15) is 0 Å². The molecule has 0 unspecified atom stereocenters. The minimum absolute atomic E-state index is 0.158. The molecule has 0 saturated heterocycles. The van der Waals surface area contributed by atoms with Gasteiger partial charge < -0.3 is 10.6 Å². The Labute approximate surface area is 139 Å². The largest absolute Gasteiger partial charge is 0.352 e. The molecule has 0 aromatic heterocycles. The number of benzene rings is 1. The summed E-state index contributed by atoms with van der Waals surface area (Å²) in [6, 6.07) is 8.28. The summed E-state index contributed by atoms with van der Waals surface area (Å²) in [6.07, 6.45) is 4.73. The standard InChI is InChI=1S/C16H21BrN2OS/c17-14-3-5-15(6-4-14)21-11-1-2-16(20)19-12-13-7-9-18-10-8-13/h3-7,18H,1-2,8-12H2,(H,19,20). The van der Waals surface area contributed by atoms with Crippen molar-refractivity contribution < 1.29 is 4.79 Å². The molecule has 0 radical (unpaired) electrons. The quantitative estimate of drug-likeness (QED) is 0.440. The van der Waals surface area contributed by atoms with Gasteiger partial charge in [-0.1, -0.05) is 27.6 Å². The molecule has 1 heterocycles. The van der Waals surface area contributed by atoms with Gasteiger partial charge in [0.05, 0.1) is 0 Å². The third-order valence-corrected chi connectivity index (χ3v) is 4.93. The van der Waals surface area contributed by atoms with Crippen LogP contribution in [0, 0.1) is 0 Å². The summed E-state index contributed by atoms with van der Waals surface area (Å²) in [7, 11) is 0. The number of halogens is 1. The Morgan fingerprint density at radius 3 is 2.86 bits per heavy atom. The Morgan fingerprint density at radius 2 is 2.14 bits per heavy atom. The Balaban J connectivity index is 1.56. The first-order valence-corrected chi connectivity index (χ1v) is 9.05. The van der Waals surface area contributed by atoms with Crippen molar-refractivity contribution in [3.05, 3.63) is 40.4 Å². The molecule has 0 bridgehead atoms. The highest BCUT2D eigenvalue weighted by Crippen LogP contribution is 2.21. The highest BCUT2D eigenvalue weighted by molar-refractivity contribution is 9.10. The van der Waals surface area contributed by atoms with Crippen LogP contribution in [0.15, 0.2) is 45.3 Å². The van der Waals surface area contributed by atoms with E-state index < -0.39 is 0 Å². The number of hydrogen-bond donors (Lipinski definition) is 2. The lowest BCUT2D eigenvalue weighted by molar-refractivity contribution is -0.120. The molecule has 1 amide bonds. The summed E-state index contributed by atoms with van der Waals surface area (Å²) in [4.78, 5) is 13.0. The molecule has 5 heteroatoms. The van der Waals surface area contributed by atoms with Crippen molar-refractivity contribution in [2.75, 3.05) is 25.4 Å². The molecular formula is C16H21BrN2OS. The van der Waals surface area contributed by atoms with Crippen LogP contribution in [0.5, 0.6) is 0 Å². The highest BCUT2D eigenvalue weighted by atomic mass is 79.9. The monoisotopic (exact) mass is 368 g/mol. The molecule has 0 aliphatic carbocycles. The van der Waals surface area contributed by atoms with E-state index in [4.69, 9.17) is 0 Å². The zero-order valence-corrected chi connectivity index (χ0v) is 14.4. The predicted molar refractivity (Wildman–Crippen MR) is 92.7 cm³/mol. The van der Waals surface area contributed by atoms with Gasteiger partial charge in [-0.05, 0) is 49.4 Å². The van der Waals surface area contributed by atoms with Gasteiger partial charge in [-0.25, -0.2) is 0 Å². The summed E-state index contributed by atoms with van der Waals surface area (Å²) >= 11 is 5.22. The first kappa shape index (κ1) is 16.6. The van der Waals surface area contributed by atoms with Gasteiger partial charge in [-0.3, -0.25) is 4.79 Å². The Morgan fingerprint density at radius 1 is 1.33 bits per heavy atom. The number of nitrogens with one attached hydrogen (secondary N) is 2. The first-order chi connectivity index (χ1) is 10.2. The number of carbonyl (C=O) groups excluding carboxylic acids is 1. The maximum absolute atomic E-state index is 11.8. The zero-order valence-electron chi connectivity index (χ0n) is 12.0. The third-order valence-electron chi connectivity index (χ3n) is 3.30. The lowest BCUT2D eigenvalue weighted by Gasteiger charge is -2.14. The molecule has 0 fully saturated rings. The van der Waals surface area contributed by atoms with E-state index in [1.807, 2.05) is 12.1 Å². The van der Waals surface area contributed by atoms with Gasteiger partial charge >= 0.3 is 0 Å². The number of thioether (sulfide) groups is 1. The van der Waals surface area contributed by atoms with Crippen LogP contribution >= 0.6 is 27.7 Å². The van der Waals surface area contributed by atoms with E-state index in [9.17, 15) is 4.79 Å². The molecule has 0 saturated carbocycles. The van der Waals surface area contributed by atoms with Crippen LogP contribution in [0.2, 0.25) is 0 Å². The lowest BCUT2D eigenvalue weighted by atomic mass is 10.1. The van der Waals surface area contributed by atoms with E-state index in [1.165, 1.54) is 10.5 Å². The minimum Gasteiger partial charge on any atom is -0.352 e. The molecule has 1 aliphatic heterocycles. The second kappa shape index (κ2) is 9.28. The number of amides is 1. The fourth-order valence-electron chi connectivity index (χ4n) is 2.08. The van der Waals surface area contributed by atoms with Crippen molar-refractivity contribution in [1.82, 2.24) is 10.6 Å². The number of rotatable bonds is 7. The van der Waals surface area contributed by atoms with E-state index in [0.29, 0.717) is 13.0 Å². The molecule has 3 nitrogen and oxygen atoms in total. The molecule has 2 rings (SSSR count). The van der Waals surface area contributed by atoms with Crippen LogP contribution in [0.4, 0.5) is 0 Å². The average Bonchev–Trinajstić information content (AvgIpc) is 2.52. The van der Waals surface area contributed by atoms with E-state index in [-0.39, 0.29) is 5.91 Å². The topological polar surface area (TPSA) is 41.1 Å². The smallest absolute Gasteiger partial charge is 0.220 e. The normalized spacial score (nSPS) is 14.6. The summed E-state index contributed by atoms with van der Waals surface area (Å²) in [5.74, 6) is 1.13. The first-order valence-electron chi connectivity index (χ1n) is 7.28. The highest BCUT2D eigenvalue weighted by Gasteiger charge is 2.05.